The third kappa shape index (κ3) is 3.14. The van der Waals surface area contributed by atoms with E-state index in [1.54, 1.807) is 12.4 Å². The number of fused-ring (bicyclic) bond motifs is 1. The zero-order valence-corrected chi connectivity index (χ0v) is 13.7. The minimum absolute atomic E-state index is 0.728. The zero-order valence-electron chi connectivity index (χ0n) is 13.7. The summed E-state index contributed by atoms with van der Waals surface area (Å²) in [6.45, 7) is 6.79. The van der Waals surface area contributed by atoms with Crippen molar-refractivity contribution in [2.75, 3.05) is 51.2 Å². The molecule has 6 nitrogen and oxygen atoms in total. The molecule has 0 amide bonds. The van der Waals surface area contributed by atoms with Crippen molar-refractivity contribution >= 4 is 17.0 Å². The first-order valence-electron chi connectivity index (χ1n) is 8.55. The van der Waals surface area contributed by atoms with Crippen molar-refractivity contribution in [1.82, 2.24) is 24.8 Å². The van der Waals surface area contributed by atoms with Gasteiger partial charge < -0.3 is 9.80 Å². The van der Waals surface area contributed by atoms with E-state index in [0.717, 1.165) is 49.2 Å². The summed E-state index contributed by atoms with van der Waals surface area (Å²) in [6.07, 6.45) is 6.08. The van der Waals surface area contributed by atoms with E-state index in [-0.39, 0.29) is 0 Å². The summed E-state index contributed by atoms with van der Waals surface area (Å²) in [5.74, 6) is 1.03. The first-order valence-corrected chi connectivity index (χ1v) is 8.55. The molecule has 2 aromatic heterocycles. The van der Waals surface area contributed by atoms with Gasteiger partial charge in [0.25, 0.3) is 0 Å². The second-order valence-electron chi connectivity index (χ2n) is 6.65. The molecule has 1 unspecified atom stereocenters. The number of likely N-dealkylation sites (N-methyl/N-ethyl adjacent to an activating group) is 1. The van der Waals surface area contributed by atoms with Crippen molar-refractivity contribution in [2.45, 2.75) is 18.9 Å². The van der Waals surface area contributed by atoms with Gasteiger partial charge in [0.05, 0.1) is 0 Å². The Morgan fingerprint density at radius 3 is 2.65 bits per heavy atom. The molecule has 0 bridgehead atoms. The average Bonchev–Trinajstić information content (AvgIpc) is 2.61. The summed E-state index contributed by atoms with van der Waals surface area (Å²) in [5.41, 5.74) is 1.60. The van der Waals surface area contributed by atoms with E-state index in [0.29, 0.717) is 0 Å². The van der Waals surface area contributed by atoms with Gasteiger partial charge in [0.1, 0.15) is 11.3 Å². The molecular formula is C17H24N6. The number of anilines is 1. The monoisotopic (exact) mass is 312 g/mol. The first kappa shape index (κ1) is 14.8. The summed E-state index contributed by atoms with van der Waals surface area (Å²) in [7, 11) is 2.24. The number of piperazine rings is 1. The van der Waals surface area contributed by atoms with E-state index in [9.17, 15) is 0 Å². The second kappa shape index (κ2) is 6.37. The van der Waals surface area contributed by atoms with Gasteiger partial charge in [0, 0.05) is 51.2 Å². The fraction of sp³-hybridized carbons (Fsp3) is 0.588. The summed E-state index contributed by atoms with van der Waals surface area (Å²) >= 11 is 0. The Morgan fingerprint density at radius 2 is 1.83 bits per heavy atom. The van der Waals surface area contributed by atoms with Crippen LogP contribution >= 0.6 is 0 Å². The highest BCUT2D eigenvalue weighted by Gasteiger charge is 2.27. The first-order chi connectivity index (χ1) is 11.3. The van der Waals surface area contributed by atoms with Crippen LogP contribution in [0.15, 0.2) is 24.5 Å². The number of aromatic nitrogens is 3. The molecule has 4 heterocycles. The van der Waals surface area contributed by atoms with Crippen LogP contribution in [0.2, 0.25) is 0 Å². The van der Waals surface area contributed by atoms with Crippen LogP contribution in [0, 0.1) is 0 Å². The van der Waals surface area contributed by atoms with Crippen LogP contribution in [0.3, 0.4) is 0 Å². The predicted molar refractivity (Wildman–Crippen MR) is 91.6 cm³/mol. The molecular weight excluding hydrogens is 288 g/mol. The van der Waals surface area contributed by atoms with Crippen LogP contribution < -0.4 is 4.90 Å². The third-order valence-corrected chi connectivity index (χ3v) is 5.07. The topological polar surface area (TPSA) is 48.4 Å². The van der Waals surface area contributed by atoms with Crippen molar-refractivity contribution in [2.24, 2.45) is 0 Å². The van der Waals surface area contributed by atoms with Gasteiger partial charge in [-0.05, 0) is 38.6 Å². The molecule has 122 valence electrons. The Balaban J connectivity index is 1.42. The molecule has 0 saturated carbocycles. The van der Waals surface area contributed by atoms with Gasteiger partial charge in [-0.1, -0.05) is 0 Å². The number of piperidine rings is 1. The number of rotatable bonds is 2. The van der Waals surface area contributed by atoms with Crippen molar-refractivity contribution in [3.8, 4) is 0 Å². The summed E-state index contributed by atoms with van der Waals surface area (Å²) in [4.78, 5) is 20.8. The average molecular weight is 312 g/mol. The van der Waals surface area contributed by atoms with E-state index in [1.807, 2.05) is 6.07 Å². The van der Waals surface area contributed by atoms with E-state index in [4.69, 9.17) is 0 Å². The molecule has 0 aliphatic carbocycles. The van der Waals surface area contributed by atoms with Crippen molar-refractivity contribution in [3.05, 3.63) is 24.5 Å². The summed E-state index contributed by atoms with van der Waals surface area (Å²) < 4.78 is 0. The van der Waals surface area contributed by atoms with Crippen LogP contribution in [0.1, 0.15) is 12.8 Å². The van der Waals surface area contributed by atoms with Crippen molar-refractivity contribution in [3.63, 3.8) is 0 Å². The summed E-state index contributed by atoms with van der Waals surface area (Å²) in [5, 5.41) is 0. The number of pyridine rings is 1. The fourth-order valence-electron chi connectivity index (χ4n) is 3.77. The fourth-order valence-corrected chi connectivity index (χ4v) is 3.77. The Kier molecular flexibility index (Phi) is 4.10. The molecule has 2 aliphatic rings. The van der Waals surface area contributed by atoms with Crippen molar-refractivity contribution in [1.29, 1.82) is 0 Å². The molecule has 2 saturated heterocycles. The maximum atomic E-state index is 4.67. The largest absolute Gasteiger partial charge is 0.354 e. The van der Waals surface area contributed by atoms with Gasteiger partial charge in [0.15, 0.2) is 5.65 Å². The van der Waals surface area contributed by atoms with Crippen LogP contribution in [0.25, 0.3) is 11.2 Å². The SMILES string of the molecule is CN1CCCC(N2CCN(c3ccc4nccnc4n3)CC2)C1. The molecule has 0 aromatic carbocycles. The second-order valence-corrected chi connectivity index (χ2v) is 6.65. The molecule has 1 atom stereocenters. The lowest BCUT2D eigenvalue weighted by atomic mass is 10.0. The van der Waals surface area contributed by atoms with E-state index in [2.05, 4.69) is 42.8 Å². The van der Waals surface area contributed by atoms with Gasteiger partial charge in [0.2, 0.25) is 0 Å². The number of nitrogens with zero attached hydrogens (tertiary/aromatic N) is 6. The lowest BCUT2D eigenvalue weighted by Crippen LogP contribution is -2.54. The Labute approximate surface area is 137 Å². The highest BCUT2D eigenvalue weighted by atomic mass is 15.3. The normalized spacial score (nSPS) is 24.2. The van der Waals surface area contributed by atoms with E-state index in [1.165, 1.54) is 25.9 Å². The Hall–Kier alpha value is -1.79. The highest BCUT2D eigenvalue weighted by Crippen LogP contribution is 2.20. The molecule has 23 heavy (non-hydrogen) atoms. The van der Waals surface area contributed by atoms with Gasteiger partial charge in [-0.15, -0.1) is 0 Å². The van der Waals surface area contributed by atoms with E-state index >= 15 is 0 Å². The molecule has 2 aromatic rings. The van der Waals surface area contributed by atoms with Gasteiger partial charge in [-0.25, -0.2) is 9.97 Å². The van der Waals surface area contributed by atoms with Crippen molar-refractivity contribution < 1.29 is 0 Å². The van der Waals surface area contributed by atoms with Gasteiger partial charge >= 0.3 is 0 Å². The van der Waals surface area contributed by atoms with Crippen LogP contribution in [0.4, 0.5) is 5.82 Å². The predicted octanol–water partition coefficient (Wildman–Crippen LogP) is 1.24. The zero-order chi connectivity index (χ0) is 15.6. The number of hydrogen-bond donors (Lipinski definition) is 0. The smallest absolute Gasteiger partial charge is 0.180 e. The van der Waals surface area contributed by atoms with E-state index < -0.39 is 0 Å². The highest BCUT2D eigenvalue weighted by molar-refractivity contribution is 5.71. The van der Waals surface area contributed by atoms with Crippen LogP contribution in [-0.4, -0.2) is 77.1 Å². The standard InChI is InChI=1S/C17H24N6/c1-21-8-2-3-14(13-21)22-9-11-23(12-10-22)16-5-4-15-17(20-16)19-7-6-18-15/h4-7,14H,2-3,8-13H2,1H3. The maximum Gasteiger partial charge on any atom is 0.180 e. The molecule has 0 N–H and O–H groups in total. The summed E-state index contributed by atoms with van der Waals surface area (Å²) in [6, 6.07) is 4.82. The molecule has 0 spiro atoms. The number of likely N-dealkylation sites (tertiary alicyclic amines) is 1. The quantitative estimate of drug-likeness (QED) is 0.831. The molecule has 2 aliphatic heterocycles. The third-order valence-electron chi connectivity index (χ3n) is 5.07. The molecule has 4 rings (SSSR count). The number of hydrogen-bond acceptors (Lipinski definition) is 6. The maximum absolute atomic E-state index is 4.67. The Morgan fingerprint density at radius 1 is 1.00 bits per heavy atom. The minimum atomic E-state index is 0.728. The molecule has 0 radical (unpaired) electrons. The van der Waals surface area contributed by atoms with Gasteiger partial charge in [-0.2, -0.15) is 0 Å². The minimum Gasteiger partial charge on any atom is -0.354 e. The van der Waals surface area contributed by atoms with Gasteiger partial charge in [-0.3, -0.25) is 9.88 Å². The lowest BCUT2D eigenvalue weighted by Gasteiger charge is -2.43. The Bertz CT molecular complexity index is 667. The van der Waals surface area contributed by atoms with Crippen LogP contribution in [0.5, 0.6) is 0 Å². The molecule has 2 fully saturated rings. The molecule has 6 heteroatoms. The van der Waals surface area contributed by atoms with Crippen LogP contribution in [-0.2, 0) is 0 Å². The lowest BCUT2D eigenvalue weighted by molar-refractivity contribution is 0.106.